The van der Waals surface area contributed by atoms with Crippen LogP contribution in [0.5, 0.6) is 0 Å². The molecule has 0 radical (unpaired) electrons. The molecular formula is C29H25ClFN7OS2. The summed E-state index contributed by atoms with van der Waals surface area (Å²) >= 11 is 9.30. The Hall–Kier alpha value is -3.80. The van der Waals surface area contributed by atoms with Gasteiger partial charge in [-0.2, -0.15) is 0 Å². The van der Waals surface area contributed by atoms with Gasteiger partial charge in [-0.15, -0.1) is 21.5 Å². The highest BCUT2D eigenvalue weighted by atomic mass is 35.5. The number of hydrogen-bond acceptors (Lipinski definition) is 8. The number of halogens is 2. The third-order valence-electron chi connectivity index (χ3n) is 6.82. The average Bonchev–Trinajstić information content (AvgIpc) is 3.65. The highest BCUT2D eigenvalue weighted by Crippen LogP contribution is 2.32. The zero-order chi connectivity index (χ0) is 28.3. The Balaban J connectivity index is 1.16. The van der Waals surface area contributed by atoms with E-state index in [1.165, 1.54) is 29.2 Å². The lowest BCUT2D eigenvalue weighted by molar-refractivity contribution is 0.0741. The second-order valence-electron chi connectivity index (χ2n) is 9.46. The fourth-order valence-corrected chi connectivity index (χ4v) is 6.61. The topological polar surface area (TPSA) is 80.0 Å². The normalized spacial score (nSPS) is 13.5. The van der Waals surface area contributed by atoms with Crippen molar-refractivity contribution < 1.29 is 9.18 Å². The van der Waals surface area contributed by atoms with Crippen molar-refractivity contribution in [3.63, 3.8) is 0 Å². The first-order valence-electron chi connectivity index (χ1n) is 13.0. The predicted octanol–water partition coefficient (Wildman–Crippen LogP) is 6.14. The van der Waals surface area contributed by atoms with Crippen LogP contribution in [0.2, 0.25) is 5.02 Å². The van der Waals surface area contributed by atoms with Gasteiger partial charge in [-0.1, -0.05) is 41.6 Å². The second kappa shape index (κ2) is 12.0. The first kappa shape index (κ1) is 27.4. The van der Waals surface area contributed by atoms with Gasteiger partial charge in [0, 0.05) is 54.5 Å². The number of para-hydroxylation sites is 1. The number of aromatic nitrogens is 5. The fourth-order valence-electron chi connectivity index (χ4n) is 4.71. The Kier molecular flexibility index (Phi) is 8.00. The molecule has 8 nitrogen and oxygen atoms in total. The predicted molar refractivity (Wildman–Crippen MR) is 161 cm³/mol. The van der Waals surface area contributed by atoms with Crippen molar-refractivity contribution in [2.75, 3.05) is 31.1 Å². The van der Waals surface area contributed by atoms with Gasteiger partial charge in [0.25, 0.3) is 5.91 Å². The summed E-state index contributed by atoms with van der Waals surface area (Å²) in [6, 6.07) is 16.3. The Morgan fingerprint density at radius 3 is 2.66 bits per heavy atom. The van der Waals surface area contributed by atoms with Crippen molar-refractivity contribution >= 4 is 46.3 Å². The van der Waals surface area contributed by atoms with E-state index in [2.05, 4.69) is 20.2 Å². The first-order chi connectivity index (χ1) is 20.0. The lowest BCUT2D eigenvalue weighted by Crippen LogP contribution is -2.49. The molecule has 0 atom stereocenters. The minimum absolute atomic E-state index is 0.109. The molecule has 1 saturated heterocycles. The van der Waals surface area contributed by atoms with Gasteiger partial charge >= 0.3 is 0 Å². The molecule has 0 spiro atoms. The number of piperazine rings is 1. The zero-order valence-corrected chi connectivity index (χ0v) is 24.5. The molecule has 3 aromatic heterocycles. The van der Waals surface area contributed by atoms with Crippen LogP contribution in [0.15, 0.2) is 77.5 Å². The van der Waals surface area contributed by atoms with Crippen LogP contribution in [0.25, 0.3) is 17.1 Å². The van der Waals surface area contributed by atoms with E-state index in [0.29, 0.717) is 59.3 Å². The van der Waals surface area contributed by atoms with E-state index in [-0.39, 0.29) is 11.7 Å². The minimum atomic E-state index is -0.247. The van der Waals surface area contributed by atoms with E-state index in [4.69, 9.17) is 11.6 Å². The summed E-state index contributed by atoms with van der Waals surface area (Å²) in [7, 11) is 0. The summed E-state index contributed by atoms with van der Waals surface area (Å²) in [4.78, 5) is 25.8. The SMILES string of the molecule is Cc1ccc(Cl)cc1-n1c(SCc2nc(C(=O)N3CCN(c4ccccc4F)CC3)cs2)nnc1-c1cccnc1. The van der Waals surface area contributed by atoms with Crippen LogP contribution in [0.3, 0.4) is 0 Å². The monoisotopic (exact) mass is 605 g/mol. The number of aryl methyl sites for hydroxylation is 1. The molecule has 2 aromatic carbocycles. The van der Waals surface area contributed by atoms with Gasteiger partial charge in [0.05, 0.1) is 17.1 Å². The molecule has 0 N–H and O–H groups in total. The third kappa shape index (κ3) is 5.83. The van der Waals surface area contributed by atoms with Crippen molar-refractivity contribution in [3.8, 4) is 17.1 Å². The number of thioether (sulfide) groups is 1. The maximum atomic E-state index is 14.2. The number of amides is 1. The van der Waals surface area contributed by atoms with E-state index in [1.807, 2.05) is 52.8 Å². The highest BCUT2D eigenvalue weighted by molar-refractivity contribution is 7.98. The number of benzene rings is 2. The van der Waals surface area contributed by atoms with E-state index in [0.717, 1.165) is 21.8 Å². The molecule has 1 aliphatic rings. The molecule has 5 aromatic rings. The van der Waals surface area contributed by atoms with Gasteiger partial charge in [0.15, 0.2) is 11.0 Å². The van der Waals surface area contributed by atoms with Crippen LogP contribution in [0.4, 0.5) is 10.1 Å². The first-order valence-corrected chi connectivity index (χ1v) is 15.2. The van der Waals surface area contributed by atoms with E-state index in [1.54, 1.807) is 34.8 Å². The molecule has 12 heteroatoms. The highest BCUT2D eigenvalue weighted by Gasteiger charge is 2.25. The Morgan fingerprint density at radius 1 is 1.05 bits per heavy atom. The van der Waals surface area contributed by atoms with Crippen molar-refractivity contribution in [3.05, 3.63) is 99.5 Å². The van der Waals surface area contributed by atoms with Crippen LogP contribution >= 0.6 is 34.7 Å². The molecule has 1 fully saturated rings. The number of carbonyl (C=O) groups is 1. The molecule has 0 bridgehead atoms. The van der Waals surface area contributed by atoms with Gasteiger partial charge in [-0.05, 0) is 48.9 Å². The zero-order valence-electron chi connectivity index (χ0n) is 22.1. The van der Waals surface area contributed by atoms with Crippen LogP contribution in [-0.4, -0.2) is 61.7 Å². The molecule has 0 unspecified atom stereocenters. The Morgan fingerprint density at radius 2 is 1.88 bits per heavy atom. The second-order valence-corrected chi connectivity index (χ2v) is 11.8. The number of thiazole rings is 1. The Bertz CT molecular complexity index is 1690. The summed E-state index contributed by atoms with van der Waals surface area (Å²) in [5, 5.41) is 12.9. The van der Waals surface area contributed by atoms with Gasteiger partial charge in [0.1, 0.15) is 16.5 Å². The van der Waals surface area contributed by atoms with E-state index >= 15 is 0 Å². The van der Waals surface area contributed by atoms with Gasteiger partial charge in [0.2, 0.25) is 0 Å². The molecule has 0 aliphatic carbocycles. The Labute approximate surface area is 249 Å². The quantitative estimate of drug-likeness (QED) is 0.206. The summed E-state index contributed by atoms with van der Waals surface area (Å²) in [6.07, 6.45) is 3.47. The van der Waals surface area contributed by atoms with Crippen LogP contribution in [0.1, 0.15) is 21.1 Å². The lowest BCUT2D eigenvalue weighted by Gasteiger charge is -2.35. The maximum Gasteiger partial charge on any atom is 0.273 e. The molecule has 208 valence electrons. The smallest absolute Gasteiger partial charge is 0.273 e. The maximum absolute atomic E-state index is 14.2. The number of carbonyl (C=O) groups excluding carboxylic acids is 1. The molecule has 1 amide bonds. The minimum Gasteiger partial charge on any atom is -0.366 e. The standard InChI is InChI=1S/C29H25ClFN7OS2/c1-19-8-9-21(30)15-25(19)38-27(20-5-4-10-32-16-20)34-35-29(38)41-18-26-33-23(17-40-26)28(39)37-13-11-36(12-14-37)24-7-3-2-6-22(24)31/h2-10,15-17H,11-14,18H2,1H3. The number of nitrogens with zero attached hydrogens (tertiary/aromatic N) is 7. The van der Waals surface area contributed by atoms with Crippen molar-refractivity contribution in [2.45, 2.75) is 17.8 Å². The van der Waals surface area contributed by atoms with Crippen molar-refractivity contribution in [1.82, 2.24) is 29.6 Å². The van der Waals surface area contributed by atoms with Crippen LogP contribution in [-0.2, 0) is 5.75 Å². The third-order valence-corrected chi connectivity index (χ3v) is 9.03. The molecule has 4 heterocycles. The van der Waals surface area contributed by atoms with Crippen LogP contribution < -0.4 is 4.90 Å². The summed E-state index contributed by atoms with van der Waals surface area (Å²) in [5.41, 5.74) is 3.74. The largest absolute Gasteiger partial charge is 0.366 e. The van der Waals surface area contributed by atoms with Gasteiger partial charge < -0.3 is 9.80 Å². The summed E-state index contributed by atoms with van der Waals surface area (Å²) in [5.74, 6) is 0.824. The molecule has 1 aliphatic heterocycles. The van der Waals surface area contributed by atoms with Crippen LogP contribution in [0, 0.1) is 12.7 Å². The number of hydrogen-bond donors (Lipinski definition) is 0. The average molecular weight is 606 g/mol. The summed E-state index contributed by atoms with van der Waals surface area (Å²) < 4.78 is 16.2. The number of pyridine rings is 1. The summed E-state index contributed by atoms with van der Waals surface area (Å²) in [6.45, 7) is 4.17. The fraction of sp³-hybridized carbons (Fsp3) is 0.207. The van der Waals surface area contributed by atoms with E-state index in [9.17, 15) is 9.18 Å². The molecule has 6 rings (SSSR count). The lowest BCUT2D eigenvalue weighted by atomic mass is 10.2. The van der Waals surface area contributed by atoms with Gasteiger partial charge in [-0.3, -0.25) is 14.3 Å². The number of anilines is 1. The van der Waals surface area contributed by atoms with Crippen molar-refractivity contribution in [1.29, 1.82) is 0 Å². The molecular weight excluding hydrogens is 581 g/mol. The van der Waals surface area contributed by atoms with E-state index < -0.39 is 0 Å². The molecule has 41 heavy (non-hydrogen) atoms. The van der Waals surface area contributed by atoms with Gasteiger partial charge in [-0.25, -0.2) is 9.37 Å². The molecule has 0 saturated carbocycles. The number of rotatable bonds is 7. The van der Waals surface area contributed by atoms with Crippen molar-refractivity contribution in [2.24, 2.45) is 0 Å².